The number of carbonyl (C=O) groups excluding carboxylic acids is 1. The minimum atomic E-state index is -0.0932. The number of benzene rings is 1. The lowest BCUT2D eigenvalue weighted by atomic mass is 10.1. The molecule has 1 heterocycles. The molecular weight excluding hydrogens is 312 g/mol. The maximum Gasteiger partial charge on any atom is 0.251 e. The van der Waals surface area contributed by atoms with E-state index in [1.165, 1.54) is 0 Å². The Morgan fingerprint density at radius 1 is 1.50 bits per heavy atom. The second-order valence-corrected chi connectivity index (χ2v) is 5.85. The second-order valence-electron chi connectivity index (χ2n) is 3.93. The van der Waals surface area contributed by atoms with E-state index in [-0.39, 0.29) is 5.91 Å². The Kier molecular flexibility index (Phi) is 4.04. The van der Waals surface area contributed by atoms with Crippen molar-refractivity contribution >= 4 is 38.9 Å². The molecule has 18 heavy (non-hydrogen) atoms. The number of nitrogen functional groups attached to an aromatic ring is 1. The molecule has 0 aliphatic heterocycles. The van der Waals surface area contributed by atoms with Crippen LogP contribution in [0.2, 0.25) is 0 Å². The van der Waals surface area contributed by atoms with Gasteiger partial charge in [0.2, 0.25) is 0 Å². The smallest absolute Gasteiger partial charge is 0.251 e. The maximum atomic E-state index is 12.0. The second kappa shape index (κ2) is 5.54. The van der Waals surface area contributed by atoms with Crippen molar-refractivity contribution in [2.45, 2.75) is 13.5 Å². The van der Waals surface area contributed by atoms with E-state index in [9.17, 15) is 4.79 Å². The highest BCUT2D eigenvalue weighted by molar-refractivity contribution is 9.10. The minimum Gasteiger partial charge on any atom is -0.398 e. The fraction of sp³-hybridized carbons (Fsp3) is 0.154. The van der Waals surface area contributed by atoms with E-state index in [1.54, 1.807) is 29.5 Å². The van der Waals surface area contributed by atoms with Crippen LogP contribution in [0.25, 0.3) is 0 Å². The molecule has 0 aliphatic rings. The summed E-state index contributed by atoms with van der Waals surface area (Å²) in [6.07, 6.45) is 0. The van der Waals surface area contributed by atoms with Crippen molar-refractivity contribution < 1.29 is 4.79 Å². The lowest BCUT2D eigenvalue weighted by molar-refractivity contribution is 0.0950. The number of hydrogen-bond donors (Lipinski definition) is 2. The fourth-order valence-electron chi connectivity index (χ4n) is 1.61. The highest BCUT2D eigenvalue weighted by Gasteiger charge is 2.10. The zero-order valence-corrected chi connectivity index (χ0v) is 12.3. The summed E-state index contributed by atoms with van der Waals surface area (Å²) in [4.78, 5) is 13.1. The van der Waals surface area contributed by atoms with Gasteiger partial charge in [-0.1, -0.05) is 6.07 Å². The first-order valence-corrected chi connectivity index (χ1v) is 7.11. The van der Waals surface area contributed by atoms with Crippen molar-refractivity contribution in [3.8, 4) is 0 Å². The number of nitrogens with two attached hydrogens (primary N) is 1. The van der Waals surface area contributed by atoms with E-state index < -0.39 is 0 Å². The Morgan fingerprint density at radius 2 is 2.28 bits per heavy atom. The summed E-state index contributed by atoms with van der Waals surface area (Å²) in [6, 6.07) is 7.37. The number of hydrogen-bond acceptors (Lipinski definition) is 3. The van der Waals surface area contributed by atoms with Crippen molar-refractivity contribution in [3.63, 3.8) is 0 Å². The van der Waals surface area contributed by atoms with E-state index in [0.717, 1.165) is 14.9 Å². The zero-order valence-electron chi connectivity index (χ0n) is 9.87. The minimum absolute atomic E-state index is 0.0932. The molecule has 0 unspecified atom stereocenters. The van der Waals surface area contributed by atoms with Gasteiger partial charge in [0.25, 0.3) is 5.91 Å². The number of thiophene rings is 1. The molecule has 0 radical (unpaired) electrons. The SMILES string of the molecule is Cc1c(N)cccc1C(=O)NCc1cc(Br)cs1. The zero-order chi connectivity index (χ0) is 13.1. The average molecular weight is 325 g/mol. The highest BCUT2D eigenvalue weighted by atomic mass is 79.9. The molecule has 2 rings (SSSR count). The molecule has 0 saturated heterocycles. The Bertz CT molecular complexity index is 580. The predicted molar refractivity (Wildman–Crippen MR) is 78.8 cm³/mol. The van der Waals surface area contributed by atoms with Crippen molar-refractivity contribution in [2.24, 2.45) is 0 Å². The molecule has 1 aromatic carbocycles. The molecule has 2 aromatic rings. The van der Waals surface area contributed by atoms with Crippen molar-refractivity contribution in [1.82, 2.24) is 5.32 Å². The molecular formula is C13H13BrN2OS. The molecule has 5 heteroatoms. The van der Waals surface area contributed by atoms with Crippen molar-refractivity contribution in [2.75, 3.05) is 5.73 Å². The van der Waals surface area contributed by atoms with Crippen LogP contribution >= 0.6 is 27.3 Å². The van der Waals surface area contributed by atoms with Gasteiger partial charge in [-0.15, -0.1) is 11.3 Å². The van der Waals surface area contributed by atoms with E-state index in [4.69, 9.17) is 5.73 Å². The maximum absolute atomic E-state index is 12.0. The van der Waals surface area contributed by atoms with Gasteiger partial charge < -0.3 is 11.1 Å². The molecule has 94 valence electrons. The van der Waals surface area contributed by atoms with Gasteiger partial charge in [0.15, 0.2) is 0 Å². The van der Waals surface area contributed by atoms with Crippen LogP contribution in [0.15, 0.2) is 34.1 Å². The summed E-state index contributed by atoms with van der Waals surface area (Å²) in [5, 5.41) is 4.89. The normalized spacial score (nSPS) is 10.3. The Labute approximate surface area is 118 Å². The van der Waals surface area contributed by atoms with Gasteiger partial charge in [0.1, 0.15) is 0 Å². The van der Waals surface area contributed by atoms with Crippen LogP contribution in [0.4, 0.5) is 5.69 Å². The standard InChI is InChI=1S/C13H13BrN2OS/c1-8-11(3-2-4-12(8)15)13(17)16-6-10-5-9(14)7-18-10/h2-5,7H,6,15H2,1H3,(H,16,17). The molecule has 3 nitrogen and oxygen atoms in total. The van der Waals surface area contributed by atoms with Gasteiger partial charge in [-0.25, -0.2) is 0 Å². The summed E-state index contributed by atoms with van der Waals surface area (Å²) < 4.78 is 1.04. The third kappa shape index (κ3) is 2.91. The van der Waals surface area contributed by atoms with Gasteiger partial charge in [0.05, 0.1) is 6.54 Å². The number of anilines is 1. The van der Waals surface area contributed by atoms with Gasteiger partial charge in [0, 0.05) is 26.0 Å². The summed E-state index contributed by atoms with van der Waals surface area (Å²) >= 11 is 4.99. The number of nitrogens with one attached hydrogen (secondary N) is 1. The van der Waals surface area contributed by atoms with Crippen LogP contribution in [-0.4, -0.2) is 5.91 Å². The number of amides is 1. The topological polar surface area (TPSA) is 55.1 Å². The van der Waals surface area contributed by atoms with E-state index in [2.05, 4.69) is 21.2 Å². The molecule has 0 fully saturated rings. The molecule has 0 bridgehead atoms. The van der Waals surface area contributed by atoms with Crippen LogP contribution in [0.1, 0.15) is 20.8 Å². The Morgan fingerprint density at radius 3 is 2.94 bits per heavy atom. The van der Waals surface area contributed by atoms with Gasteiger partial charge in [-0.2, -0.15) is 0 Å². The van der Waals surface area contributed by atoms with Crippen LogP contribution in [0.5, 0.6) is 0 Å². The monoisotopic (exact) mass is 324 g/mol. The highest BCUT2D eigenvalue weighted by Crippen LogP contribution is 2.20. The number of rotatable bonds is 3. The van der Waals surface area contributed by atoms with Gasteiger partial charge >= 0.3 is 0 Å². The molecule has 0 atom stereocenters. The average Bonchev–Trinajstić information content (AvgIpc) is 2.76. The molecule has 1 aromatic heterocycles. The molecule has 0 spiro atoms. The van der Waals surface area contributed by atoms with Crippen LogP contribution < -0.4 is 11.1 Å². The summed E-state index contributed by atoms with van der Waals surface area (Å²) in [5.74, 6) is -0.0932. The fourth-order valence-corrected chi connectivity index (χ4v) is 3.00. The first-order valence-electron chi connectivity index (χ1n) is 5.44. The molecule has 3 N–H and O–H groups in total. The summed E-state index contributed by atoms with van der Waals surface area (Å²) in [6.45, 7) is 2.38. The van der Waals surface area contributed by atoms with E-state index in [1.807, 2.05) is 18.4 Å². The lowest BCUT2D eigenvalue weighted by Crippen LogP contribution is -2.23. The van der Waals surface area contributed by atoms with E-state index in [0.29, 0.717) is 17.8 Å². The van der Waals surface area contributed by atoms with Gasteiger partial charge in [-0.05, 0) is 46.6 Å². The summed E-state index contributed by atoms with van der Waals surface area (Å²) in [7, 11) is 0. The third-order valence-corrected chi connectivity index (χ3v) is 4.36. The van der Waals surface area contributed by atoms with Gasteiger partial charge in [-0.3, -0.25) is 4.79 Å². The molecule has 0 aliphatic carbocycles. The molecule has 0 saturated carbocycles. The third-order valence-electron chi connectivity index (χ3n) is 2.67. The lowest BCUT2D eigenvalue weighted by Gasteiger charge is -2.08. The van der Waals surface area contributed by atoms with Crippen LogP contribution in [0, 0.1) is 6.92 Å². The first kappa shape index (κ1) is 13.1. The van der Waals surface area contributed by atoms with E-state index >= 15 is 0 Å². The van der Waals surface area contributed by atoms with Crippen molar-refractivity contribution in [1.29, 1.82) is 0 Å². The Balaban J connectivity index is 2.06. The quantitative estimate of drug-likeness (QED) is 0.851. The number of carbonyl (C=O) groups is 1. The first-order chi connectivity index (χ1) is 8.58. The molecule has 1 amide bonds. The largest absolute Gasteiger partial charge is 0.398 e. The van der Waals surface area contributed by atoms with Crippen molar-refractivity contribution in [3.05, 3.63) is 50.1 Å². The Hall–Kier alpha value is -1.33. The van der Waals surface area contributed by atoms with Crippen LogP contribution in [0.3, 0.4) is 0 Å². The summed E-state index contributed by atoms with van der Waals surface area (Å²) in [5.41, 5.74) is 7.88. The van der Waals surface area contributed by atoms with Crippen LogP contribution in [-0.2, 0) is 6.54 Å². The predicted octanol–water partition coefficient (Wildman–Crippen LogP) is 3.33. The number of halogens is 1.